The van der Waals surface area contributed by atoms with Crippen molar-refractivity contribution < 1.29 is 14.3 Å². The molecule has 0 saturated heterocycles. The summed E-state index contributed by atoms with van der Waals surface area (Å²) in [6.07, 6.45) is 0.182. The summed E-state index contributed by atoms with van der Waals surface area (Å²) >= 11 is 0. The third-order valence-corrected chi connectivity index (χ3v) is 3.04. The Morgan fingerprint density at radius 2 is 1.67 bits per heavy atom. The summed E-state index contributed by atoms with van der Waals surface area (Å²) in [7, 11) is 0. The van der Waals surface area contributed by atoms with Crippen molar-refractivity contribution in [2.24, 2.45) is 0 Å². The van der Waals surface area contributed by atoms with Gasteiger partial charge in [0.2, 0.25) is 0 Å². The molecule has 0 aliphatic carbocycles. The summed E-state index contributed by atoms with van der Waals surface area (Å²) in [5.74, 6) is 0. The average molecular weight is 283 g/mol. The van der Waals surface area contributed by atoms with E-state index in [9.17, 15) is 9.59 Å². The molecule has 0 saturated carbocycles. The minimum Gasteiger partial charge on any atom is -0.444 e. The first-order valence-corrected chi connectivity index (χ1v) is 6.72. The van der Waals surface area contributed by atoms with Crippen LogP contribution in [0.3, 0.4) is 0 Å². The van der Waals surface area contributed by atoms with Gasteiger partial charge >= 0.3 is 6.09 Å². The fourth-order valence-electron chi connectivity index (χ4n) is 1.95. The van der Waals surface area contributed by atoms with Crippen molar-refractivity contribution in [1.82, 2.24) is 0 Å². The molecule has 0 heterocycles. The summed E-state index contributed by atoms with van der Waals surface area (Å²) in [5, 5.41) is 0. The van der Waals surface area contributed by atoms with Crippen molar-refractivity contribution in [3.63, 3.8) is 0 Å². The van der Waals surface area contributed by atoms with Gasteiger partial charge in [-0.05, 0) is 24.6 Å². The molecule has 0 bridgehead atoms. The number of carbonyl (C=O) groups is 2. The van der Waals surface area contributed by atoms with Gasteiger partial charge in [-0.1, -0.05) is 48.5 Å². The van der Waals surface area contributed by atoms with E-state index >= 15 is 0 Å². The van der Waals surface area contributed by atoms with E-state index in [2.05, 4.69) is 0 Å². The Bertz CT molecular complexity index is 583. The second-order valence-corrected chi connectivity index (χ2v) is 4.62. The lowest BCUT2D eigenvalue weighted by Crippen LogP contribution is -2.40. The molecule has 1 atom stereocenters. The first kappa shape index (κ1) is 14.8. The van der Waals surface area contributed by atoms with Gasteiger partial charge in [-0.15, -0.1) is 0 Å². The quantitative estimate of drug-likeness (QED) is 0.790. The van der Waals surface area contributed by atoms with Crippen LogP contribution in [0.1, 0.15) is 12.5 Å². The normalized spacial score (nSPS) is 11.5. The smallest absolute Gasteiger partial charge is 0.415 e. The zero-order valence-electron chi connectivity index (χ0n) is 11.8. The first-order valence-electron chi connectivity index (χ1n) is 6.72. The van der Waals surface area contributed by atoms with Gasteiger partial charge in [-0.25, -0.2) is 4.79 Å². The van der Waals surface area contributed by atoms with Crippen molar-refractivity contribution in [2.75, 3.05) is 4.90 Å². The summed E-state index contributed by atoms with van der Waals surface area (Å²) < 4.78 is 5.30. The first-order chi connectivity index (χ1) is 10.2. The predicted molar refractivity (Wildman–Crippen MR) is 81.1 cm³/mol. The molecule has 0 fully saturated rings. The van der Waals surface area contributed by atoms with Gasteiger partial charge in [0.15, 0.2) is 0 Å². The minimum atomic E-state index is -0.587. The van der Waals surface area contributed by atoms with Gasteiger partial charge in [-0.3, -0.25) is 4.90 Å². The SMILES string of the molecule is C[C@@H](C=O)N(C(=O)OCc1ccccc1)c1ccccc1. The highest BCUT2D eigenvalue weighted by molar-refractivity contribution is 5.92. The van der Waals surface area contributed by atoms with E-state index < -0.39 is 12.1 Å². The Balaban J connectivity index is 2.10. The Labute approximate surface area is 124 Å². The van der Waals surface area contributed by atoms with Crippen LogP contribution in [-0.2, 0) is 16.1 Å². The highest BCUT2D eigenvalue weighted by Gasteiger charge is 2.22. The maximum absolute atomic E-state index is 12.3. The lowest BCUT2D eigenvalue weighted by molar-refractivity contribution is -0.108. The molecular weight excluding hydrogens is 266 g/mol. The van der Waals surface area contributed by atoms with Crippen LogP contribution in [0.5, 0.6) is 0 Å². The van der Waals surface area contributed by atoms with E-state index in [1.54, 1.807) is 19.1 Å². The Morgan fingerprint density at radius 1 is 1.10 bits per heavy atom. The number of para-hydroxylation sites is 1. The van der Waals surface area contributed by atoms with Crippen LogP contribution in [-0.4, -0.2) is 18.4 Å². The average Bonchev–Trinajstić information content (AvgIpc) is 2.55. The Hall–Kier alpha value is -2.62. The molecule has 4 heteroatoms. The minimum absolute atomic E-state index is 0.175. The lowest BCUT2D eigenvalue weighted by atomic mass is 10.2. The van der Waals surface area contributed by atoms with Crippen molar-refractivity contribution in [1.29, 1.82) is 0 Å². The second-order valence-electron chi connectivity index (χ2n) is 4.62. The summed E-state index contributed by atoms with van der Waals surface area (Å²) in [5.41, 5.74) is 1.53. The molecule has 1 amide bonds. The Kier molecular flexibility index (Phi) is 5.10. The molecule has 0 aliphatic rings. The van der Waals surface area contributed by atoms with Crippen LogP contribution >= 0.6 is 0 Å². The predicted octanol–water partition coefficient (Wildman–Crippen LogP) is 3.42. The maximum Gasteiger partial charge on any atom is 0.415 e. The van der Waals surface area contributed by atoms with Gasteiger partial charge in [0.25, 0.3) is 0 Å². The highest BCUT2D eigenvalue weighted by Crippen LogP contribution is 2.17. The van der Waals surface area contributed by atoms with E-state index in [0.29, 0.717) is 5.69 Å². The molecule has 21 heavy (non-hydrogen) atoms. The van der Waals surface area contributed by atoms with Crippen molar-refractivity contribution >= 4 is 18.1 Å². The molecule has 4 nitrogen and oxygen atoms in total. The van der Waals surface area contributed by atoms with Gasteiger partial charge in [-0.2, -0.15) is 0 Å². The topological polar surface area (TPSA) is 46.6 Å². The number of carbonyl (C=O) groups excluding carboxylic acids is 2. The van der Waals surface area contributed by atoms with Crippen LogP contribution in [0.4, 0.5) is 10.5 Å². The van der Waals surface area contributed by atoms with Crippen molar-refractivity contribution in [3.05, 3.63) is 66.2 Å². The molecule has 0 N–H and O–H groups in total. The molecule has 0 unspecified atom stereocenters. The summed E-state index contributed by atoms with van der Waals surface area (Å²) in [4.78, 5) is 24.7. The largest absolute Gasteiger partial charge is 0.444 e. The van der Waals surface area contributed by atoms with Gasteiger partial charge in [0.05, 0.1) is 6.04 Å². The number of amides is 1. The monoisotopic (exact) mass is 283 g/mol. The number of hydrogen-bond donors (Lipinski definition) is 0. The van der Waals surface area contributed by atoms with Crippen LogP contribution in [0.2, 0.25) is 0 Å². The van der Waals surface area contributed by atoms with Crippen LogP contribution < -0.4 is 4.90 Å². The van der Waals surface area contributed by atoms with Gasteiger partial charge in [0.1, 0.15) is 12.9 Å². The molecule has 0 radical (unpaired) electrons. The zero-order chi connectivity index (χ0) is 15.1. The van der Waals surface area contributed by atoms with Crippen LogP contribution in [0, 0.1) is 0 Å². The van der Waals surface area contributed by atoms with Gasteiger partial charge in [0, 0.05) is 5.69 Å². The standard InChI is InChI=1S/C17H17NO3/c1-14(12-19)18(16-10-6-3-7-11-16)17(20)21-13-15-8-4-2-5-9-15/h2-12,14H,13H2,1H3/t14-/m0/s1. The molecule has 2 aromatic rings. The fraction of sp³-hybridized carbons (Fsp3) is 0.176. The lowest BCUT2D eigenvalue weighted by Gasteiger charge is -2.25. The molecule has 0 aliphatic heterocycles. The number of hydrogen-bond acceptors (Lipinski definition) is 3. The number of benzene rings is 2. The molecular formula is C17H17NO3. The third-order valence-electron chi connectivity index (χ3n) is 3.04. The third kappa shape index (κ3) is 3.92. The maximum atomic E-state index is 12.3. The van der Waals surface area contributed by atoms with E-state index in [-0.39, 0.29) is 6.61 Å². The molecule has 2 aromatic carbocycles. The molecule has 108 valence electrons. The fourth-order valence-corrected chi connectivity index (χ4v) is 1.95. The van der Waals surface area contributed by atoms with Crippen LogP contribution in [0.15, 0.2) is 60.7 Å². The number of nitrogens with zero attached hydrogens (tertiary/aromatic N) is 1. The molecule has 0 aromatic heterocycles. The van der Waals surface area contributed by atoms with E-state index in [1.165, 1.54) is 4.90 Å². The van der Waals surface area contributed by atoms with E-state index in [0.717, 1.165) is 11.8 Å². The number of anilines is 1. The number of aldehydes is 1. The number of rotatable bonds is 5. The van der Waals surface area contributed by atoms with E-state index in [4.69, 9.17) is 4.74 Å². The second kappa shape index (κ2) is 7.24. The highest BCUT2D eigenvalue weighted by atomic mass is 16.6. The van der Waals surface area contributed by atoms with Crippen LogP contribution in [0.25, 0.3) is 0 Å². The van der Waals surface area contributed by atoms with Gasteiger partial charge < -0.3 is 9.53 Å². The summed E-state index contributed by atoms with van der Waals surface area (Å²) in [6, 6.07) is 17.8. The van der Waals surface area contributed by atoms with E-state index in [1.807, 2.05) is 48.5 Å². The Morgan fingerprint density at radius 3 is 2.24 bits per heavy atom. The summed E-state index contributed by atoms with van der Waals surface area (Å²) in [6.45, 7) is 1.83. The zero-order valence-corrected chi connectivity index (χ0v) is 11.8. The molecule has 2 rings (SSSR count). The molecule has 0 spiro atoms. The van der Waals surface area contributed by atoms with Crippen molar-refractivity contribution in [2.45, 2.75) is 19.6 Å². The number of ether oxygens (including phenoxy) is 1. The van der Waals surface area contributed by atoms with Crippen molar-refractivity contribution in [3.8, 4) is 0 Å².